The number of morpholine rings is 1. The van der Waals surface area contributed by atoms with Gasteiger partial charge in [0.25, 0.3) is 0 Å². The number of rotatable bonds is 6. The van der Waals surface area contributed by atoms with Crippen LogP contribution in [-0.2, 0) is 16.1 Å². The van der Waals surface area contributed by atoms with E-state index in [1.807, 2.05) is 0 Å². The van der Waals surface area contributed by atoms with Crippen LogP contribution in [0.3, 0.4) is 0 Å². The van der Waals surface area contributed by atoms with Crippen molar-refractivity contribution in [2.24, 2.45) is 0 Å². The average Bonchev–Trinajstić information content (AvgIpc) is 3.22. The third-order valence-corrected chi connectivity index (χ3v) is 5.01. The molecule has 7 nitrogen and oxygen atoms in total. The molecule has 0 saturated carbocycles. The van der Waals surface area contributed by atoms with Gasteiger partial charge in [-0.3, -0.25) is 9.48 Å². The van der Waals surface area contributed by atoms with Crippen LogP contribution in [0.5, 0.6) is 5.75 Å². The van der Waals surface area contributed by atoms with Gasteiger partial charge in [0, 0.05) is 24.5 Å². The second kappa shape index (κ2) is 9.23. The van der Waals surface area contributed by atoms with Crippen molar-refractivity contribution in [3.05, 3.63) is 65.8 Å². The van der Waals surface area contributed by atoms with E-state index in [9.17, 15) is 9.18 Å². The standard InChI is InChI=1S/C21H20ClFN4O3/c22-21-19(6-3-8-24-21)30-14-15-12-26(10-11-29-15)20(28)13-27-9-7-18(25-27)16-4-1-2-5-17(16)23/h1-9,15H,10-14H2. The number of benzene rings is 1. The molecular formula is C21H20ClFN4O3. The molecule has 30 heavy (non-hydrogen) atoms. The lowest BCUT2D eigenvalue weighted by Gasteiger charge is -2.32. The zero-order valence-electron chi connectivity index (χ0n) is 16.1. The first-order chi connectivity index (χ1) is 14.6. The van der Waals surface area contributed by atoms with Crippen LogP contribution in [0.4, 0.5) is 4.39 Å². The zero-order valence-corrected chi connectivity index (χ0v) is 16.8. The van der Waals surface area contributed by atoms with Crippen LogP contribution in [-0.4, -0.2) is 58.0 Å². The van der Waals surface area contributed by atoms with Crippen molar-refractivity contribution in [3.63, 3.8) is 0 Å². The number of carbonyl (C=O) groups excluding carboxylic acids is 1. The first kappa shape index (κ1) is 20.3. The summed E-state index contributed by atoms with van der Waals surface area (Å²) in [5.41, 5.74) is 0.892. The Kier molecular flexibility index (Phi) is 6.25. The largest absolute Gasteiger partial charge is 0.488 e. The van der Waals surface area contributed by atoms with E-state index in [0.29, 0.717) is 36.7 Å². The van der Waals surface area contributed by atoms with Gasteiger partial charge in [0.15, 0.2) is 10.9 Å². The molecule has 1 unspecified atom stereocenters. The van der Waals surface area contributed by atoms with Gasteiger partial charge in [0.1, 0.15) is 25.1 Å². The first-order valence-corrected chi connectivity index (χ1v) is 9.89. The molecule has 0 bridgehead atoms. The fourth-order valence-corrected chi connectivity index (χ4v) is 3.38. The molecule has 1 atom stereocenters. The Labute approximate surface area is 178 Å². The van der Waals surface area contributed by atoms with E-state index in [1.54, 1.807) is 53.7 Å². The molecule has 1 aliphatic heterocycles. The summed E-state index contributed by atoms with van der Waals surface area (Å²) in [4.78, 5) is 18.4. The second-order valence-corrected chi connectivity index (χ2v) is 7.17. The first-order valence-electron chi connectivity index (χ1n) is 9.51. The number of carbonyl (C=O) groups is 1. The molecule has 0 radical (unpaired) electrons. The second-order valence-electron chi connectivity index (χ2n) is 6.81. The summed E-state index contributed by atoms with van der Waals surface area (Å²) in [7, 11) is 0. The van der Waals surface area contributed by atoms with Crippen LogP contribution >= 0.6 is 11.6 Å². The Morgan fingerprint density at radius 2 is 2.13 bits per heavy atom. The molecule has 3 heterocycles. The topological polar surface area (TPSA) is 69.5 Å². The van der Waals surface area contributed by atoms with Crippen molar-refractivity contribution in [2.45, 2.75) is 12.6 Å². The minimum Gasteiger partial charge on any atom is -0.488 e. The minimum atomic E-state index is -0.348. The lowest BCUT2D eigenvalue weighted by molar-refractivity contribution is -0.140. The average molecular weight is 431 g/mol. The Balaban J connectivity index is 1.33. The summed E-state index contributed by atoms with van der Waals surface area (Å²) in [5, 5.41) is 4.62. The fraction of sp³-hybridized carbons (Fsp3) is 0.286. The summed E-state index contributed by atoms with van der Waals surface area (Å²) in [6.45, 7) is 1.63. The summed E-state index contributed by atoms with van der Waals surface area (Å²) >= 11 is 5.99. The van der Waals surface area contributed by atoms with Crippen molar-refractivity contribution in [3.8, 4) is 17.0 Å². The van der Waals surface area contributed by atoms with E-state index in [2.05, 4.69) is 10.1 Å². The van der Waals surface area contributed by atoms with Gasteiger partial charge < -0.3 is 14.4 Å². The number of pyridine rings is 1. The summed E-state index contributed by atoms with van der Waals surface area (Å²) < 4.78 is 26.8. The lowest BCUT2D eigenvalue weighted by Crippen LogP contribution is -2.48. The van der Waals surface area contributed by atoms with Crippen LogP contribution in [0.1, 0.15) is 0 Å². The smallest absolute Gasteiger partial charge is 0.244 e. The molecule has 1 amide bonds. The van der Waals surface area contributed by atoms with Gasteiger partial charge in [0.05, 0.1) is 18.8 Å². The van der Waals surface area contributed by atoms with E-state index in [1.165, 1.54) is 10.7 Å². The number of hydrogen-bond acceptors (Lipinski definition) is 5. The molecule has 0 aliphatic carbocycles. The molecule has 1 fully saturated rings. The van der Waals surface area contributed by atoms with Crippen molar-refractivity contribution in [1.82, 2.24) is 19.7 Å². The Hall–Kier alpha value is -2.97. The third kappa shape index (κ3) is 4.77. The molecule has 1 aliphatic rings. The number of nitrogens with zero attached hydrogens (tertiary/aromatic N) is 4. The van der Waals surface area contributed by atoms with Crippen molar-refractivity contribution < 1.29 is 18.7 Å². The molecule has 9 heteroatoms. The normalized spacial score (nSPS) is 16.5. The molecule has 2 aromatic heterocycles. The highest BCUT2D eigenvalue weighted by molar-refractivity contribution is 6.30. The molecule has 3 aromatic rings. The third-order valence-electron chi connectivity index (χ3n) is 4.73. The van der Waals surface area contributed by atoms with Gasteiger partial charge in [-0.15, -0.1) is 0 Å². The SMILES string of the molecule is O=C(Cn1ccc(-c2ccccc2F)n1)N1CCOC(COc2cccnc2Cl)C1. The summed E-state index contributed by atoms with van der Waals surface area (Å²) in [6, 6.07) is 11.6. The fourth-order valence-electron chi connectivity index (χ4n) is 3.21. The Morgan fingerprint density at radius 3 is 2.97 bits per heavy atom. The van der Waals surface area contributed by atoms with E-state index in [-0.39, 0.29) is 36.1 Å². The molecular weight excluding hydrogens is 411 g/mol. The van der Waals surface area contributed by atoms with Crippen LogP contribution in [0.2, 0.25) is 5.15 Å². The maximum atomic E-state index is 13.9. The van der Waals surface area contributed by atoms with Gasteiger partial charge in [-0.25, -0.2) is 9.37 Å². The highest BCUT2D eigenvalue weighted by Crippen LogP contribution is 2.22. The lowest BCUT2D eigenvalue weighted by atomic mass is 10.1. The van der Waals surface area contributed by atoms with Gasteiger partial charge in [-0.1, -0.05) is 23.7 Å². The predicted octanol–water partition coefficient (Wildman–Crippen LogP) is 3.04. The van der Waals surface area contributed by atoms with Crippen molar-refractivity contribution in [2.75, 3.05) is 26.3 Å². The predicted molar refractivity (Wildman–Crippen MR) is 109 cm³/mol. The van der Waals surface area contributed by atoms with Crippen molar-refractivity contribution >= 4 is 17.5 Å². The van der Waals surface area contributed by atoms with Crippen LogP contribution in [0.15, 0.2) is 54.9 Å². The molecule has 1 saturated heterocycles. The van der Waals surface area contributed by atoms with Gasteiger partial charge >= 0.3 is 0 Å². The van der Waals surface area contributed by atoms with Gasteiger partial charge in [-0.2, -0.15) is 5.10 Å². The number of hydrogen-bond donors (Lipinski definition) is 0. The quantitative estimate of drug-likeness (QED) is 0.562. The van der Waals surface area contributed by atoms with Gasteiger partial charge in [-0.05, 0) is 30.3 Å². The number of ether oxygens (including phenoxy) is 2. The Morgan fingerprint density at radius 1 is 1.27 bits per heavy atom. The zero-order chi connectivity index (χ0) is 20.9. The van der Waals surface area contributed by atoms with Crippen LogP contribution in [0, 0.1) is 5.82 Å². The van der Waals surface area contributed by atoms with E-state index in [4.69, 9.17) is 21.1 Å². The van der Waals surface area contributed by atoms with Crippen LogP contribution in [0.25, 0.3) is 11.3 Å². The summed E-state index contributed by atoms with van der Waals surface area (Å²) in [5.74, 6) is 0.0353. The molecule has 4 rings (SSSR count). The molecule has 0 N–H and O–H groups in total. The molecule has 1 aromatic carbocycles. The van der Waals surface area contributed by atoms with Gasteiger partial charge in [0.2, 0.25) is 5.91 Å². The van der Waals surface area contributed by atoms with Crippen molar-refractivity contribution in [1.29, 1.82) is 0 Å². The monoisotopic (exact) mass is 430 g/mol. The summed E-state index contributed by atoms with van der Waals surface area (Å²) in [6.07, 6.45) is 2.98. The maximum absolute atomic E-state index is 13.9. The Bertz CT molecular complexity index is 1030. The van der Waals surface area contributed by atoms with Crippen LogP contribution < -0.4 is 4.74 Å². The maximum Gasteiger partial charge on any atom is 0.244 e. The highest BCUT2D eigenvalue weighted by atomic mass is 35.5. The van der Waals surface area contributed by atoms with E-state index < -0.39 is 0 Å². The van der Waals surface area contributed by atoms with E-state index >= 15 is 0 Å². The highest BCUT2D eigenvalue weighted by Gasteiger charge is 2.25. The number of halogens is 2. The molecule has 156 valence electrons. The number of amides is 1. The molecule has 0 spiro atoms. The number of aromatic nitrogens is 3. The van der Waals surface area contributed by atoms with E-state index in [0.717, 1.165) is 0 Å². The minimum absolute atomic E-state index is 0.0659.